The molecule has 9 nitrogen and oxygen atoms in total. The number of hydrogen-bond acceptors (Lipinski definition) is 7. The second-order valence-electron chi connectivity index (χ2n) is 7.90. The second-order valence-corrected chi connectivity index (χ2v) is 7.90. The van der Waals surface area contributed by atoms with Crippen molar-refractivity contribution < 1.29 is 14.6 Å². The summed E-state index contributed by atoms with van der Waals surface area (Å²) in [5, 5.41) is 29.3. The van der Waals surface area contributed by atoms with Crippen molar-refractivity contribution in [1.29, 1.82) is 0 Å². The molecule has 0 bridgehead atoms. The van der Waals surface area contributed by atoms with E-state index in [1.807, 2.05) is 24.3 Å². The SMILES string of the molecule is COCCC(=O)NC1CCCCC1Nc1ccc2nnc(Cc3ccc(O)cc3)n2n1. The van der Waals surface area contributed by atoms with Crippen LogP contribution in [0, 0.1) is 0 Å². The Morgan fingerprint density at radius 1 is 1.13 bits per heavy atom. The van der Waals surface area contributed by atoms with E-state index in [0.29, 0.717) is 25.1 Å². The Labute approximate surface area is 180 Å². The van der Waals surface area contributed by atoms with E-state index in [0.717, 1.165) is 42.9 Å². The number of carbonyl (C=O) groups excluding carboxylic acids is 1. The molecule has 1 aromatic carbocycles. The maximum atomic E-state index is 12.2. The van der Waals surface area contributed by atoms with E-state index >= 15 is 0 Å². The van der Waals surface area contributed by atoms with Gasteiger partial charge < -0.3 is 20.5 Å². The molecule has 2 heterocycles. The van der Waals surface area contributed by atoms with Crippen molar-refractivity contribution in [3.05, 3.63) is 47.8 Å². The van der Waals surface area contributed by atoms with Crippen molar-refractivity contribution in [3.63, 3.8) is 0 Å². The number of hydrogen-bond donors (Lipinski definition) is 3. The van der Waals surface area contributed by atoms with Crippen LogP contribution in [0.4, 0.5) is 5.82 Å². The zero-order valence-electron chi connectivity index (χ0n) is 17.6. The number of carbonyl (C=O) groups is 1. The van der Waals surface area contributed by atoms with Crippen molar-refractivity contribution in [2.24, 2.45) is 0 Å². The van der Waals surface area contributed by atoms with Crippen LogP contribution in [0.3, 0.4) is 0 Å². The van der Waals surface area contributed by atoms with Crippen molar-refractivity contribution >= 4 is 17.4 Å². The first-order valence-electron chi connectivity index (χ1n) is 10.7. The average molecular weight is 425 g/mol. The van der Waals surface area contributed by atoms with E-state index in [9.17, 15) is 9.90 Å². The number of ether oxygens (including phenoxy) is 1. The largest absolute Gasteiger partial charge is 0.508 e. The molecule has 3 aromatic rings. The molecule has 9 heteroatoms. The lowest BCUT2D eigenvalue weighted by molar-refractivity contribution is -0.122. The van der Waals surface area contributed by atoms with Gasteiger partial charge in [0.1, 0.15) is 11.6 Å². The molecule has 1 aliphatic rings. The number of anilines is 1. The maximum Gasteiger partial charge on any atom is 0.222 e. The molecule has 1 saturated carbocycles. The molecule has 4 rings (SSSR count). The molecule has 2 atom stereocenters. The van der Waals surface area contributed by atoms with Gasteiger partial charge in [-0.3, -0.25) is 4.79 Å². The minimum absolute atomic E-state index is 0.0129. The van der Waals surface area contributed by atoms with Crippen LogP contribution in [-0.2, 0) is 16.0 Å². The van der Waals surface area contributed by atoms with E-state index < -0.39 is 0 Å². The number of aromatic hydroxyl groups is 1. The normalized spacial score (nSPS) is 18.7. The van der Waals surface area contributed by atoms with E-state index in [1.54, 1.807) is 23.8 Å². The summed E-state index contributed by atoms with van der Waals surface area (Å²) in [7, 11) is 1.60. The second kappa shape index (κ2) is 9.74. The lowest BCUT2D eigenvalue weighted by atomic mass is 9.90. The van der Waals surface area contributed by atoms with Gasteiger partial charge in [-0.1, -0.05) is 25.0 Å². The number of fused-ring (bicyclic) bond motifs is 1. The third kappa shape index (κ3) is 5.29. The van der Waals surface area contributed by atoms with Crippen LogP contribution in [0.2, 0.25) is 0 Å². The van der Waals surface area contributed by atoms with Crippen LogP contribution in [0.5, 0.6) is 5.75 Å². The number of phenolic OH excluding ortho intramolecular Hbond substituents is 1. The van der Waals surface area contributed by atoms with Gasteiger partial charge in [-0.05, 0) is 42.7 Å². The highest BCUT2D eigenvalue weighted by Crippen LogP contribution is 2.22. The molecule has 0 spiro atoms. The summed E-state index contributed by atoms with van der Waals surface area (Å²) in [6, 6.07) is 11.0. The third-order valence-electron chi connectivity index (χ3n) is 5.60. The minimum atomic E-state index is 0.0129. The molecule has 164 valence electrons. The Morgan fingerprint density at radius 3 is 2.68 bits per heavy atom. The van der Waals surface area contributed by atoms with E-state index in [2.05, 4.69) is 20.8 Å². The van der Waals surface area contributed by atoms with Gasteiger partial charge in [-0.2, -0.15) is 4.52 Å². The van der Waals surface area contributed by atoms with Crippen LogP contribution in [0.1, 0.15) is 43.5 Å². The van der Waals surface area contributed by atoms with Gasteiger partial charge in [0.15, 0.2) is 11.5 Å². The number of phenols is 1. The van der Waals surface area contributed by atoms with Crippen LogP contribution < -0.4 is 10.6 Å². The summed E-state index contributed by atoms with van der Waals surface area (Å²) in [5.74, 6) is 1.69. The van der Waals surface area contributed by atoms with Gasteiger partial charge in [0.2, 0.25) is 5.91 Å². The van der Waals surface area contributed by atoms with Gasteiger partial charge in [-0.25, -0.2) is 0 Å². The smallest absolute Gasteiger partial charge is 0.222 e. The van der Waals surface area contributed by atoms with E-state index in [-0.39, 0.29) is 23.7 Å². The van der Waals surface area contributed by atoms with E-state index in [4.69, 9.17) is 9.84 Å². The van der Waals surface area contributed by atoms with Gasteiger partial charge >= 0.3 is 0 Å². The lowest BCUT2D eigenvalue weighted by Gasteiger charge is -2.33. The first-order valence-corrected chi connectivity index (χ1v) is 10.7. The number of nitrogens with one attached hydrogen (secondary N) is 2. The average Bonchev–Trinajstić information content (AvgIpc) is 3.17. The fourth-order valence-electron chi connectivity index (χ4n) is 3.96. The Kier molecular flexibility index (Phi) is 6.61. The van der Waals surface area contributed by atoms with Gasteiger partial charge in [-0.15, -0.1) is 15.3 Å². The molecule has 2 aromatic heterocycles. The Balaban J connectivity index is 1.48. The highest BCUT2D eigenvalue weighted by molar-refractivity contribution is 5.76. The predicted octanol–water partition coefficient (Wildman–Crippen LogP) is 2.30. The highest BCUT2D eigenvalue weighted by atomic mass is 16.5. The molecule has 0 radical (unpaired) electrons. The topological polar surface area (TPSA) is 114 Å². The summed E-state index contributed by atoms with van der Waals surface area (Å²) >= 11 is 0. The van der Waals surface area contributed by atoms with Gasteiger partial charge in [0, 0.05) is 32.0 Å². The molecular formula is C22H28N6O3. The first-order chi connectivity index (χ1) is 15.1. The summed E-state index contributed by atoms with van der Waals surface area (Å²) in [6.45, 7) is 0.423. The molecule has 0 saturated heterocycles. The van der Waals surface area contributed by atoms with Crippen molar-refractivity contribution in [2.45, 2.75) is 50.6 Å². The zero-order chi connectivity index (χ0) is 21.6. The quantitative estimate of drug-likeness (QED) is 0.508. The van der Waals surface area contributed by atoms with E-state index in [1.165, 1.54) is 0 Å². The molecule has 31 heavy (non-hydrogen) atoms. The summed E-state index contributed by atoms with van der Waals surface area (Å²) < 4.78 is 6.74. The van der Waals surface area contributed by atoms with Crippen molar-refractivity contribution in [1.82, 2.24) is 25.1 Å². The van der Waals surface area contributed by atoms with Crippen molar-refractivity contribution in [3.8, 4) is 5.75 Å². The third-order valence-corrected chi connectivity index (χ3v) is 5.60. The standard InChI is InChI=1S/C22H28N6O3/c1-31-13-12-22(30)24-18-5-3-2-4-17(18)23-19-10-11-20-25-26-21(28(20)27-19)14-15-6-8-16(29)9-7-15/h6-11,17-18,29H,2-5,12-14H2,1H3,(H,23,27)(H,24,30). The number of aromatic nitrogens is 4. The number of benzene rings is 1. The number of nitrogens with zero attached hydrogens (tertiary/aromatic N) is 4. The summed E-state index contributed by atoms with van der Waals surface area (Å²) in [4.78, 5) is 12.2. The summed E-state index contributed by atoms with van der Waals surface area (Å²) in [6.07, 6.45) is 5.05. The lowest BCUT2D eigenvalue weighted by Crippen LogP contribution is -2.48. The Morgan fingerprint density at radius 2 is 1.90 bits per heavy atom. The fraction of sp³-hybridized carbons (Fsp3) is 0.455. The Hall–Kier alpha value is -3.20. The fourth-order valence-corrected chi connectivity index (χ4v) is 3.96. The maximum absolute atomic E-state index is 12.2. The molecule has 0 aliphatic heterocycles. The van der Waals surface area contributed by atoms with Crippen LogP contribution in [0.15, 0.2) is 36.4 Å². The molecule has 3 N–H and O–H groups in total. The minimum Gasteiger partial charge on any atom is -0.508 e. The van der Waals surface area contributed by atoms with Crippen LogP contribution >= 0.6 is 0 Å². The van der Waals surface area contributed by atoms with Crippen LogP contribution in [0.25, 0.3) is 5.65 Å². The van der Waals surface area contributed by atoms with Crippen molar-refractivity contribution in [2.75, 3.05) is 19.0 Å². The highest BCUT2D eigenvalue weighted by Gasteiger charge is 2.27. The number of amides is 1. The monoisotopic (exact) mass is 424 g/mol. The first kappa shape index (κ1) is 21.0. The van der Waals surface area contributed by atoms with Gasteiger partial charge in [0.05, 0.1) is 6.61 Å². The molecule has 1 amide bonds. The Bertz CT molecular complexity index is 1020. The molecule has 2 unspecified atom stereocenters. The number of rotatable bonds is 8. The summed E-state index contributed by atoms with van der Waals surface area (Å²) in [5.41, 5.74) is 1.69. The molecular weight excluding hydrogens is 396 g/mol. The molecule has 1 fully saturated rings. The van der Waals surface area contributed by atoms with Gasteiger partial charge in [0.25, 0.3) is 0 Å². The number of methoxy groups -OCH3 is 1. The predicted molar refractivity (Wildman–Crippen MR) is 116 cm³/mol. The van der Waals surface area contributed by atoms with Crippen LogP contribution in [-0.4, -0.2) is 56.6 Å². The zero-order valence-corrected chi connectivity index (χ0v) is 17.6. The molecule has 1 aliphatic carbocycles.